The first-order chi connectivity index (χ1) is 31.2. The predicted molar refractivity (Wildman–Crippen MR) is 247 cm³/mol. The summed E-state index contributed by atoms with van der Waals surface area (Å²) in [5.74, 6) is -6.62. The Labute approximate surface area is 400 Å². The molecule has 0 radical (unpaired) electrons. The molecule has 0 saturated carbocycles. The van der Waals surface area contributed by atoms with Gasteiger partial charge in [-0.1, -0.05) is 55.0 Å². The molecular weight excluding hydrogens is 871 g/mol. The summed E-state index contributed by atoms with van der Waals surface area (Å²) in [5, 5.41) is 34.5. The van der Waals surface area contributed by atoms with E-state index in [2.05, 4.69) is 18.4 Å². The quantitative estimate of drug-likeness (QED) is 0.167. The number of aliphatic hydroxyl groups is 3. The van der Waals surface area contributed by atoms with Crippen molar-refractivity contribution >= 4 is 17.7 Å². The molecule has 22 atom stereocenters. The van der Waals surface area contributed by atoms with E-state index in [1.165, 1.54) is 21.1 Å². The largest absolute Gasteiger partial charge is 0.461 e. The lowest BCUT2D eigenvalue weighted by atomic mass is 9.74. The molecule has 4 aliphatic rings. The van der Waals surface area contributed by atoms with Crippen LogP contribution in [-0.4, -0.2) is 170 Å². The van der Waals surface area contributed by atoms with Gasteiger partial charge in [-0.25, -0.2) is 0 Å². The third-order valence-corrected chi connectivity index (χ3v) is 14.5. The zero-order valence-corrected chi connectivity index (χ0v) is 43.2. The fourth-order valence-electron chi connectivity index (χ4n) is 10.6. The van der Waals surface area contributed by atoms with Crippen LogP contribution in [0.1, 0.15) is 116 Å². The van der Waals surface area contributed by atoms with Crippen molar-refractivity contribution in [2.24, 2.45) is 41.4 Å². The van der Waals surface area contributed by atoms with Gasteiger partial charge in [-0.2, -0.15) is 0 Å². The second kappa shape index (κ2) is 24.8. The molecule has 67 heavy (non-hydrogen) atoms. The summed E-state index contributed by atoms with van der Waals surface area (Å²) in [5.41, 5.74) is -1.44. The summed E-state index contributed by atoms with van der Waals surface area (Å²) < 4.78 is 63.0. The van der Waals surface area contributed by atoms with Gasteiger partial charge in [0.1, 0.15) is 42.2 Å². The highest BCUT2D eigenvalue weighted by atomic mass is 16.7. The average Bonchev–Trinajstić information content (AvgIpc) is 3.36. The van der Waals surface area contributed by atoms with E-state index in [0.717, 1.165) is 0 Å². The maximum atomic E-state index is 15.1. The molecule has 4 aliphatic heterocycles. The lowest BCUT2D eigenvalue weighted by molar-refractivity contribution is -0.305. The van der Waals surface area contributed by atoms with Crippen LogP contribution in [0.4, 0.5) is 0 Å². The number of likely N-dealkylation sites (N-methyl/N-ethyl adjacent to an activating group) is 1. The highest BCUT2D eigenvalue weighted by Crippen LogP contribution is 2.40. The topological polar surface area (TPSA) is 207 Å². The standard InChI is InChI=1S/C50H87NO16/c1-24(2)18-36(52)64-42-32(10)41(27(5)23-60-49-45(59-17)44(58-16)39(54)35(13)63-49)66-47(56)34(12)43(65-37-20-28(6)51(15)22-30(8)61-37)31(9)40(26(4)21-50(14,57)46(55)33(42)11)67-48-38(53)25(3)19-29(7)62-48/h24,26-35,37-45,48-49,53-54,57H,3,18-23H2,1-2,4-17H3/t26-,27-,28+,29+,30-,31+,32-,33+,34+,35+,37-,38+,39+,40-,41+,42+,43-,44+,45+,48-,49+,50-/m0/s1. The molecule has 0 bridgehead atoms. The van der Waals surface area contributed by atoms with Crippen LogP contribution in [0.3, 0.4) is 0 Å². The molecule has 4 fully saturated rings. The van der Waals surface area contributed by atoms with E-state index in [0.29, 0.717) is 25.0 Å². The van der Waals surface area contributed by atoms with Gasteiger partial charge in [0.05, 0.1) is 49.0 Å². The third kappa shape index (κ3) is 14.5. The molecule has 0 aromatic rings. The van der Waals surface area contributed by atoms with Gasteiger partial charge in [0.25, 0.3) is 0 Å². The summed E-state index contributed by atoms with van der Waals surface area (Å²) in [6.45, 7) is 28.1. The van der Waals surface area contributed by atoms with E-state index in [1.807, 2.05) is 55.5 Å². The maximum absolute atomic E-state index is 15.1. The number of rotatable bonds is 13. The third-order valence-electron chi connectivity index (χ3n) is 14.5. The molecule has 0 amide bonds. The van der Waals surface area contributed by atoms with E-state index < -0.39 is 133 Å². The first-order valence-electron chi connectivity index (χ1n) is 24.6. The first-order valence-corrected chi connectivity index (χ1v) is 24.6. The van der Waals surface area contributed by atoms with Gasteiger partial charge in [0, 0.05) is 57.4 Å². The fourth-order valence-corrected chi connectivity index (χ4v) is 10.6. The van der Waals surface area contributed by atoms with Gasteiger partial charge in [-0.3, -0.25) is 14.4 Å². The number of hydrogen-bond acceptors (Lipinski definition) is 17. The SMILES string of the molecule is C=C1C[C@@H](C)O[C@@H](O[C@@H]2[C@@H](C)[C@H](O[C@H]3C[C@@H](C)N(C)C[C@H](C)O3)[C@@H](C)C(=O)O[C@H]([C@@H](C)CO[C@@H]3O[C@H](C)[C@@H](O)[C@@H](OC)[C@H]3OC)[C@H](C)[C@@H](OC(=O)CC(C)C)[C@@H](C)C(=O)[C@@](C)(O)C[C@@H]2C)[C@@H]1O. The second-order valence-electron chi connectivity index (χ2n) is 21.2. The van der Waals surface area contributed by atoms with Crippen molar-refractivity contribution in [3.8, 4) is 0 Å². The number of nitrogens with zero attached hydrogens (tertiary/aromatic N) is 1. The van der Waals surface area contributed by atoms with E-state index in [1.54, 1.807) is 27.7 Å². The van der Waals surface area contributed by atoms with E-state index in [4.69, 9.17) is 47.4 Å². The first kappa shape index (κ1) is 57.4. The minimum Gasteiger partial charge on any atom is -0.461 e. The van der Waals surface area contributed by atoms with E-state index in [-0.39, 0.29) is 43.6 Å². The lowest BCUT2D eigenvalue weighted by Crippen LogP contribution is -2.59. The van der Waals surface area contributed by atoms with Crippen LogP contribution < -0.4 is 0 Å². The number of methoxy groups -OCH3 is 2. The summed E-state index contributed by atoms with van der Waals surface area (Å²) >= 11 is 0. The zero-order chi connectivity index (χ0) is 50.4. The number of aliphatic hydroxyl groups excluding tert-OH is 2. The molecule has 17 heteroatoms. The molecule has 0 unspecified atom stereocenters. The normalized spacial score (nSPS) is 44.1. The molecule has 17 nitrogen and oxygen atoms in total. The Bertz CT molecular complexity index is 1610. The molecule has 3 N–H and O–H groups in total. The van der Waals surface area contributed by atoms with E-state index in [9.17, 15) is 24.9 Å². The number of Topliss-reactive ketones (excluding diaryl/α,β-unsaturated/α-hetero) is 1. The summed E-state index contributed by atoms with van der Waals surface area (Å²) in [6, 6.07) is 0.0658. The molecule has 0 aromatic carbocycles. The zero-order valence-electron chi connectivity index (χ0n) is 43.2. The summed E-state index contributed by atoms with van der Waals surface area (Å²) in [6.07, 6.45) is -11.0. The van der Waals surface area contributed by atoms with Crippen LogP contribution in [-0.2, 0) is 61.8 Å². The number of cyclic esters (lactones) is 1. The van der Waals surface area contributed by atoms with Crippen LogP contribution in [0, 0.1) is 41.4 Å². The van der Waals surface area contributed by atoms with Crippen molar-refractivity contribution < 1.29 is 77.1 Å². The van der Waals surface area contributed by atoms with Crippen molar-refractivity contribution in [1.82, 2.24) is 4.90 Å². The van der Waals surface area contributed by atoms with Crippen molar-refractivity contribution in [3.63, 3.8) is 0 Å². The Kier molecular flexibility index (Phi) is 21.3. The smallest absolute Gasteiger partial charge is 0.311 e. The minimum absolute atomic E-state index is 0.0617. The number of esters is 2. The van der Waals surface area contributed by atoms with Gasteiger partial charge < -0.3 is 67.6 Å². The molecular formula is C50H87NO16. The highest BCUT2D eigenvalue weighted by Gasteiger charge is 2.51. The molecule has 4 saturated heterocycles. The monoisotopic (exact) mass is 958 g/mol. The Morgan fingerprint density at radius 2 is 1.48 bits per heavy atom. The minimum atomic E-state index is -1.98. The molecule has 388 valence electrons. The Balaban J connectivity index is 1.86. The van der Waals surface area contributed by atoms with Crippen molar-refractivity contribution in [3.05, 3.63) is 12.2 Å². The second-order valence-corrected chi connectivity index (χ2v) is 21.2. The van der Waals surface area contributed by atoms with Crippen LogP contribution in [0.15, 0.2) is 12.2 Å². The van der Waals surface area contributed by atoms with Crippen molar-refractivity contribution in [2.45, 2.75) is 213 Å². The number of hydrogen-bond donors (Lipinski definition) is 3. The maximum Gasteiger partial charge on any atom is 0.311 e. The molecule has 0 aromatic heterocycles. The molecule has 4 heterocycles. The summed E-state index contributed by atoms with van der Waals surface area (Å²) in [4.78, 5) is 45.7. The average molecular weight is 958 g/mol. The van der Waals surface area contributed by atoms with Gasteiger partial charge in [-0.15, -0.1) is 0 Å². The van der Waals surface area contributed by atoms with Gasteiger partial charge >= 0.3 is 11.9 Å². The van der Waals surface area contributed by atoms with Gasteiger partial charge in [-0.05, 0) is 78.8 Å². The lowest BCUT2D eigenvalue weighted by Gasteiger charge is -2.44. The number of carbonyl (C=O) groups is 3. The number of carbonyl (C=O) groups excluding carboxylic acids is 3. The number of ketones is 1. The molecule has 4 rings (SSSR count). The predicted octanol–water partition coefficient (Wildman–Crippen LogP) is 4.83. The van der Waals surface area contributed by atoms with Crippen molar-refractivity contribution in [2.75, 3.05) is 34.4 Å². The van der Waals surface area contributed by atoms with Crippen LogP contribution in [0.2, 0.25) is 0 Å². The van der Waals surface area contributed by atoms with Crippen molar-refractivity contribution in [1.29, 1.82) is 0 Å². The Morgan fingerprint density at radius 1 is 0.836 bits per heavy atom. The fraction of sp³-hybridized carbons (Fsp3) is 0.900. The molecule has 0 aliphatic carbocycles. The Morgan fingerprint density at radius 3 is 2.09 bits per heavy atom. The van der Waals surface area contributed by atoms with E-state index >= 15 is 4.79 Å². The van der Waals surface area contributed by atoms with Crippen LogP contribution in [0.25, 0.3) is 0 Å². The van der Waals surface area contributed by atoms with Crippen LogP contribution >= 0.6 is 0 Å². The Hall–Kier alpha value is -2.13. The van der Waals surface area contributed by atoms with Crippen LogP contribution in [0.5, 0.6) is 0 Å². The number of ether oxygens (including phenoxy) is 10. The van der Waals surface area contributed by atoms with Gasteiger partial charge in [0.15, 0.2) is 24.7 Å². The summed E-state index contributed by atoms with van der Waals surface area (Å²) in [7, 11) is 4.95. The highest BCUT2D eigenvalue weighted by molar-refractivity contribution is 5.89. The van der Waals surface area contributed by atoms with Gasteiger partial charge in [0.2, 0.25) is 0 Å². The molecule has 0 spiro atoms.